The van der Waals surface area contributed by atoms with Gasteiger partial charge < -0.3 is 5.32 Å². The molecule has 4 rings (SSSR count). The van der Waals surface area contributed by atoms with Crippen LogP contribution in [-0.2, 0) is 13.6 Å². The van der Waals surface area contributed by atoms with Gasteiger partial charge in [-0.1, -0.05) is 0 Å². The third-order valence-corrected chi connectivity index (χ3v) is 6.32. The van der Waals surface area contributed by atoms with Crippen LogP contribution < -0.4 is 5.32 Å². The van der Waals surface area contributed by atoms with Crippen LogP contribution in [0.1, 0.15) is 26.8 Å². The fraction of sp³-hybridized carbons (Fsp3) is 0.353. The van der Waals surface area contributed by atoms with Gasteiger partial charge in [0.05, 0.1) is 27.5 Å². The van der Waals surface area contributed by atoms with E-state index < -0.39 is 0 Å². The Morgan fingerprint density at radius 1 is 1.12 bits per heavy atom. The van der Waals surface area contributed by atoms with Crippen LogP contribution in [0.3, 0.4) is 0 Å². The van der Waals surface area contributed by atoms with Crippen LogP contribution in [-0.4, -0.2) is 19.7 Å². The van der Waals surface area contributed by atoms with Crippen molar-refractivity contribution in [3.63, 3.8) is 0 Å². The van der Waals surface area contributed by atoms with Gasteiger partial charge in [-0.25, -0.2) is 9.97 Å². The molecule has 5 nitrogen and oxygen atoms in total. The molecule has 0 aliphatic carbocycles. The molecule has 0 atom stereocenters. The fourth-order valence-corrected chi connectivity index (χ4v) is 5.31. The molecule has 0 fully saturated rings. The summed E-state index contributed by atoms with van der Waals surface area (Å²) < 4.78 is 3.14. The van der Waals surface area contributed by atoms with Crippen molar-refractivity contribution in [1.29, 1.82) is 0 Å². The quantitative estimate of drug-likeness (QED) is 0.587. The summed E-state index contributed by atoms with van der Waals surface area (Å²) in [4.78, 5) is 11.5. The van der Waals surface area contributed by atoms with E-state index in [1.165, 1.54) is 26.0 Å². The number of rotatable bonds is 3. The molecule has 4 aromatic rings. The number of aromatic nitrogens is 4. The van der Waals surface area contributed by atoms with Gasteiger partial charge in [0.2, 0.25) is 0 Å². The molecule has 0 amide bonds. The fourth-order valence-electron chi connectivity index (χ4n) is 3.15. The van der Waals surface area contributed by atoms with Gasteiger partial charge in [0.15, 0.2) is 5.82 Å². The van der Waals surface area contributed by atoms with Crippen molar-refractivity contribution >= 4 is 48.9 Å². The minimum absolute atomic E-state index is 0.753. The Labute approximate surface area is 148 Å². The second-order valence-electron chi connectivity index (χ2n) is 6.11. The van der Waals surface area contributed by atoms with Gasteiger partial charge in [-0.15, -0.1) is 22.7 Å². The molecule has 7 heteroatoms. The molecular weight excluding hydrogens is 338 g/mol. The van der Waals surface area contributed by atoms with Crippen LogP contribution in [0.5, 0.6) is 0 Å². The van der Waals surface area contributed by atoms with E-state index in [-0.39, 0.29) is 0 Å². The first-order chi connectivity index (χ1) is 11.4. The van der Waals surface area contributed by atoms with E-state index in [1.807, 2.05) is 25.6 Å². The van der Waals surface area contributed by atoms with Crippen molar-refractivity contribution in [1.82, 2.24) is 19.7 Å². The summed E-state index contributed by atoms with van der Waals surface area (Å²) in [6.45, 7) is 9.05. The molecular formula is C17H19N5S2. The molecule has 0 aliphatic rings. The zero-order valence-corrected chi connectivity index (χ0v) is 16.0. The molecule has 0 spiro atoms. The Bertz CT molecular complexity index is 1070. The molecule has 1 N–H and O–H groups in total. The Balaban J connectivity index is 1.79. The first kappa shape index (κ1) is 15.5. The average molecular weight is 358 g/mol. The Hall–Kier alpha value is -1.99. The molecule has 4 heterocycles. The lowest BCUT2D eigenvalue weighted by atomic mass is 10.1. The number of nitrogens with zero attached hydrogens (tertiary/aromatic N) is 4. The Morgan fingerprint density at radius 3 is 2.62 bits per heavy atom. The summed E-state index contributed by atoms with van der Waals surface area (Å²) >= 11 is 3.45. The van der Waals surface area contributed by atoms with Gasteiger partial charge in [-0.05, 0) is 39.3 Å². The number of nitrogens with one attached hydrogen (secondary N) is 1. The van der Waals surface area contributed by atoms with Gasteiger partial charge in [0.1, 0.15) is 4.83 Å². The van der Waals surface area contributed by atoms with Crippen molar-refractivity contribution in [2.75, 3.05) is 5.32 Å². The molecule has 0 aromatic carbocycles. The number of hydrogen-bond acceptors (Lipinski definition) is 6. The Kier molecular flexibility index (Phi) is 3.58. The molecule has 24 heavy (non-hydrogen) atoms. The van der Waals surface area contributed by atoms with Crippen molar-refractivity contribution in [2.24, 2.45) is 7.05 Å². The number of aryl methyl sites for hydroxylation is 5. The van der Waals surface area contributed by atoms with Crippen LogP contribution in [0.2, 0.25) is 0 Å². The lowest BCUT2D eigenvalue weighted by Gasteiger charge is -2.01. The van der Waals surface area contributed by atoms with Crippen molar-refractivity contribution in [2.45, 2.75) is 34.2 Å². The molecule has 0 saturated carbocycles. The van der Waals surface area contributed by atoms with E-state index in [0.29, 0.717) is 0 Å². The lowest BCUT2D eigenvalue weighted by Crippen LogP contribution is -2.01. The highest BCUT2D eigenvalue weighted by Crippen LogP contribution is 2.38. The molecule has 0 radical (unpaired) electrons. The second kappa shape index (κ2) is 5.53. The third kappa shape index (κ3) is 2.39. The van der Waals surface area contributed by atoms with Crippen molar-refractivity contribution < 1.29 is 0 Å². The van der Waals surface area contributed by atoms with Crippen molar-refractivity contribution in [3.8, 4) is 0 Å². The standard InChI is InChI=1S/C17H19N5S2/c1-8-6-9(2)19-17-13(8)14-15(24-17)16(21-22(14)5)18-7-12-10(3)20-11(4)23-12/h6H,7H2,1-5H3,(H,18,21). The normalized spacial score (nSPS) is 11.7. The first-order valence-corrected chi connectivity index (χ1v) is 9.47. The molecule has 0 aliphatic heterocycles. The predicted octanol–water partition coefficient (Wildman–Crippen LogP) is 4.49. The SMILES string of the molecule is Cc1cc(C)c2c(n1)sc1c(NCc3sc(C)nc3C)nn(C)c12. The summed E-state index contributed by atoms with van der Waals surface area (Å²) in [6, 6.07) is 2.14. The summed E-state index contributed by atoms with van der Waals surface area (Å²) in [6.07, 6.45) is 0. The van der Waals surface area contributed by atoms with Crippen LogP contribution in [0.4, 0.5) is 5.82 Å². The zero-order valence-electron chi connectivity index (χ0n) is 14.4. The monoisotopic (exact) mass is 357 g/mol. The molecule has 0 bridgehead atoms. The first-order valence-electron chi connectivity index (χ1n) is 7.84. The van der Waals surface area contributed by atoms with Gasteiger partial charge >= 0.3 is 0 Å². The van der Waals surface area contributed by atoms with E-state index in [0.717, 1.165) is 33.6 Å². The third-order valence-electron chi connectivity index (χ3n) is 4.17. The van der Waals surface area contributed by atoms with Gasteiger partial charge in [0.25, 0.3) is 0 Å². The minimum atomic E-state index is 0.753. The number of thiophene rings is 1. The number of thiazole rings is 1. The van der Waals surface area contributed by atoms with E-state index >= 15 is 0 Å². The highest BCUT2D eigenvalue weighted by molar-refractivity contribution is 7.26. The van der Waals surface area contributed by atoms with Gasteiger partial charge in [-0.3, -0.25) is 4.68 Å². The second-order valence-corrected chi connectivity index (χ2v) is 8.39. The van der Waals surface area contributed by atoms with Crippen LogP contribution in [0.25, 0.3) is 20.4 Å². The van der Waals surface area contributed by atoms with E-state index in [2.05, 4.69) is 35.3 Å². The Morgan fingerprint density at radius 2 is 1.92 bits per heavy atom. The maximum atomic E-state index is 4.71. The molecule has 0 unspecified atom stereocenters. The number of pyridine rings is 1. The van der Waals surface area contributed by atoms with Crippen molar-refractivity contribution in [3.05, 3.63) is 32.9 Å². The lowest BCUT2D eigenvalue weighted by molar-refractivity contribution is 0.799. The maximum absolute atomic E-state index is 4.71. The maximum Gasteiger partial charge on any atom is 0.166 e. The number of hydrogen-bond donors (Lipinski definition) is 1. The van der Waals surface area contributed by atoms with E-state index in [9.17, 15) is 0 Å². The summed E-state index contributed by atoms with van der Waals surface area (Å²) in [7, 11) is 2.00. The van der Waals surface area contributed by atoms with Crippen LogP contribution in [0.15, 0.2) is 6.07 Å². The molecule has 0 saturated heterocycles. The zero-order chi connectivity index (χ0) is 17.0. The molecule has 124 valence electrons. The summed E-state index contributed by atoms with van der Waals surface area (Å²) in [5, 5.41) is 10.5. The number of anilines is 1. The predicted molar refractivity (Wildman–Crippen MR) is 102 cm³/mol. The highest BCUT2D eigenvalue weighted by atomic mass is 32.1. The smallest absolute Gasteiger partial charge is 0.166 e. The minimum Gasteiger partial charge on any atom is -0.362 e. The van der Waals surface area contributed by atoms with E-state index in [1.54, 1.807) is 22.7 Å². The van der Waals surface area contributed by atoms with E-state index in [4.69, 9.17) is 4.98 Å². The summed E-state index contributed by atoms with van der Waals surface area (Å²) in [5.41, 5.74) is 4.58. The largest absolute Gasteiger partial charge is 0.362 e. The average Bonchev–Trinajstić information content (AvgIpc) is 3.11. The van der Waals surface area contributed by atoms with Gasteiger partial charge in [0, 0.05) is 23.0 Å². The number of fused-ring (bicyclic) bond motifs is 3. The summed E-state index contributed by atoms with van der Waals surface area (Å²) in [5.74, 6) is 0.929. The molecule has 4 aromatic heterocycles. The van der Waals surface area contributed by atoms with Crippen LogP contribution >= 0.6 is 22.7 Å². The van der Waals surface area contributed by atoms with Crippen LogP contribution in [0, 0.1) is 27.7 Å². The highest BCUT2D eigenvalue weighted by Gasteiger charge is 2.18. The van der Waals surface area contributed by atoms with Gasteiger partial charge in [-0.2, -0.15) is 5.10 Å². The topological polar surface area (TPSA) is 55.6 Å².